The Kier molecular flexibility index (Phi) is 8.06. The van der Waals surface area contributed by atoms with E-state index in [1.807, 2.05) is 0 Å². The Morgan fingerprint density at radius 3 is 2.38 bits per heavy atom. The number of amides is 2. The minimum Gasteiger partial charge on any atom is -0.543 e. The number of aromatic nitrogens is 1. The Labute approximate surface area is 238 Å². The van der Waals surface area contributed by atoms with Crippen LogP contribution in [-0.2, 0) is 13.0 Å². The molecule has 198 valence electrons. The smallest absolute Gasteiger partial charge is 0.543 e. The number of carbonyl (C=O) groups is 2. The number of alkyl halides is 2. The van der Waals surface area contributed by atoms with Gasteiger partial charge in [0.05, 0.1) is 23.9 Å². The molecular weight excluding hydrogens is 497 g/mol. The first kappa shape index (κ1) is 28.6. The molecule has 10 heteroatoms. The van der Waals surface area contributed by atoms with Crippen molar-refractivity contribution < 1.29 is 42.3 Å². The molecule has 7 nitrogen and oxygen atoms in total. The van der Waals surface area contributed by atoms with Crippen LogP contribution in [0.5, 0.6) is 0 Å². The van der Waals surface area contributed by atoms with E-state index in [9.17, 15) is 23.5 Å². The number of carbonyl (C=O) groups excluding carboxylic acids is 2. The van der Waals surface area contributed by atoms with E-state index in [1.165, 1.54) is 18.3 Å². The summed E-state index contributed by atoms with van der Waals surface area (Å²) in [5.74, 6) is -1.21. The summed E-state index contributed by atoms with van der Waals surface area (Å²) < 4.78 is 28.8. The van der Waals surface area contributed by atoms with E-state index >= 15 is 0 Å². The summed E-state index contributed by atoms with van der Waals surface area (Å²) >= 11 is 0. The van der Waals surface area contributed by atoms with Gasteiger partial charge in [-0.3, -0.25) is 9.88 Å². The van der Waals surface area contributed by atoms with Crippen LogP contribution in [-0.4, -0.2) is 42.5 Å². The monoisotopic (exact) mass is 526 g/mol. The number of carboxylic acids is 1. The number of fused-ring (bicyclic) bond motifs is 2. The summed E-state index contributed by atoms with van der Waals surface area (Å²) in [6.07, 6.45) is 0.0979. The molecule has 0 spiro atoms. The van der Waals surface area contributed by atoms with Crippen LogP contribution in [0.1, 0.15) is 65.4 Å². The van der Waals surface area contributed by atoms with Crippen molar-refractivity contribution in [1.29, 1.82) is 0 Å². The number of halogens is 2. The van der Waals surface area contributed by atoms with Crippen molar-refractivity contribution in [2.75, 3.05) is 30.4 Å². The molecule has 0 saturated heterocycles. The maximum absolute atomic E-state index is 14.4. The predicted molar refractivity (Wildman–Crippen MR) is 140 cm³/mol. The molecule has 0 atom stereocenters. The second-order valence-electron chi connectivity index (χ2n) is 10.2. The Morgan fingerprint density at radius 1 is 1.05 bits per heavy atom. The quantitative estimate of drug-likeness (QED) is 0.477. The third kappa shape index (κ3) is 5.13. The standard InChI is InChI=1S/C29H30F2N4O3.Li/c1-16(2)19-11-25-22(15-33(3)29(38)34(25)4)26(12-19)35-9-5-6-17-10-20(21(27(30)31)13-24(17)35)18-7-8-23(28(36)37)32-14-18;/h7-8,10-14,16,27H,5-6,9,15H2,1-4H3,(H,36,37);/q;+1/p-1. The number of aryl methyl sites for hydroxylation is 1. The summed E-state index contributed by atoms with van der Waals surface area (Å²) in [5.41, 5.74) is 5.83. The molecule has 2 aliphatic heterocycles. The molecule has 1 aromatic heterocycles. The predicted octanol–water partition coefficient (Wildman–Crippen LogP) is 2.26. The molecule has 2 aromatic carbocycles. The van der Waals surface area contributed by atoms with Gasteiger partial charge in [-0.25, -0.2) is 13.6 Å². The Morgan fingerprint density at radius 2 is 1.77 bits per heavy atom. The molecule has 0 bridgehead atoms. The first-order valence-corrected chi connectivity index (χ1v) is 12.6. The Balaban J connectivity index is 0.00000353. The van der Waals surface area contributed by atoms with E-state index in [-0.39, 0.29) is 42.1 Å². The fourth-order valence-electron chi connectivity index (χ4n) is 5.37. The number of hydrogen-bond acceptors (Lipinski definition) is 5. The summed E-state index contributed by atoms with van der Waals surface area (Å²) in [5, 5.41) is 11.1. The van der Waals surface area contributed by atoms with Gasteiger partial charge in [0, 0.05) is 54.9 Å². The van der Waals surface area contributed by atoms with Gasteiger partial charge >= 0.3 is 24.9 Å². The van der Waals surface area contributed by atoms with Crippen LogP contribution < -0.4 is 33.8 Å². The van der Waals surface area contributed by atoms with Gasteiger partial charge in [-0.1, -0.05) is 19.9 Å². The Bertz CT molecular complexity index is 1430. The number of nitrogens with zero attached hydrogens (tertiary/aromatic N) is 4. The van der Waals surface area contributed by atoms with Gasteiger partial charge in [0.1, 0.15) is 0 Å². The van der Waals surface area contributed by atoms with Crippen LogP contribution in [0.4, 0.5) is 30.6 Å². The molecule has 2 aliphatic rings. The van der Waals surface area contributed by atoms with Crippen molar-refractivity contribution in [2.24, 2.45) is 0 Å². The van der Waals surface area contributed by atoms with Crippen molar-refractivity contribution in [3.63, 3.8) is 0 Å². The van der Waals surface area contributed by atoms with E-state index < -0.39 is 12.4 Å². The first-order chi connectivity index (χ1) is 18.1. The van der Waals surface area contributed by atoms with Crippen LogP contribution in [0.15, 0.2) is 42.6 Å². The van der Waals surface area contributed by atoms with Gasteiger partial charge in [-0.05, 0) is 65.8 Å². The number of aromatic carboxylic acids is 1. The average Bonchev–Trinajstić information content (AvgIpc) is 2.90. The van der Waals surface area contributed by atoms with E-state index in [0.29, 0.717) is 24.2 Å². The average molecular weight is 527 g/mol. The molecule has 0 saturated carbocycles. The molecule has 0 N–H and O–H groups in total. The number of urea groups is 1. The van der Waals surface area contributed by atoms with E-state index in [2.05, 4.69) is 35.9 Å². The zero-order valence-electron chi connectivity index (χ0n) is 22.8. The van der Waals surface area contributed by atoms with Gasteiger partial charge in [-0.2, -0.15) is 0 Å². The van der Waals surface area contributed by atoms with Crippen molar-refractivity contribution in [2.45, 2.75) is 45.6 Å². The second-order valence-corrected chi connectivity index (χ2v) is 10.2. The Hall–Kier alpha value is -3.41. The van der Waals surface area contributed by atoms with E-state index in [1.54, 1.807) is 36.0 Å². The number of benzene rings is 2. The number of anilines is 3. The molecule has 0 radical (unpaired) electrons. The van der Waals surface area contributed by atoms with Crippen molar-refractivity contribution in [3.8, 4) is 11.1 Å². The molecule has 0 aliphatic carbocycles. The van der Waals surface area contributed by atoms with Crippen LogP contribution >= 0.6 is 0 Å². The fourth-order valence-corrected chi connectivity index (χ4v) is 5.37. The molecule has 5 rings (SSSR count). The molecule has 0 unspecified atom stereocenters. The molecule has 3 heterocycles. The van der Waals surface area contributed by atoms with Gasteiger partial charge in [0.25, 0.3) is 6.43 Å². The molecular formula is C29H29F2LiN4O3. The number of pyridine rings is 1. The van der Waals surface area contributed by atoms with Crippen molar-refractivity contribution in [3.05, 3.63) is 70.5 Å². The summed E-state index contributed by atoms with van der Waals surface area (Å²) in [4.78, 5) is 33.1. The van der Waals surface area contributed by atoms with Crippen LogP contribution in [0.3, 0.4) is 0 Å². The maximum Gasteiger partial charge on any atom is 1.00 e. The van der Waals surface area contributed by atoms with Gasteiger partial charge in [0.2, 0.25) is 0 Å². The number of rotatable bonds is 5. The van der Waals surface area contributed by atoms with E-state index in [0.717, 1.165) is 46.6 Å². The number of carboxylic acid groups (broad SMARTS) is 1. The van der Waals surface area contributed by atoms with Crippen LogP contribution in [0.2, 0.25) is 0 Å². The minimum atomic E-state index is -2.74. The summed E-state index contributed by atoms with van der Waals surface area (Å²) in [6.45, 7) is 5.27. The topological polar surface area (TPSA) is 79.8 Å². The van der Waals surface area contributed by atoms with Crippen molar-refractivity contribution in [1.82, 2.24) is 9.88 Å². The van der Waals surface area contributed by atoms with Crippen LogP contribution in [0, 0.1) is 0 Å². The van der Waals surface area contributed by atoms with Crippen molar-refractivity contribution >= 4 is 29.1 Å². The zero-order chi connectivity index (χ0) is 27.3. The molecule has 3 aromatic rings. The van der Waals surface area contributed by atoms with Gasteiger partial charge < -0.3 is 19.7 Å². The van der Waals surface area contributed by atoms with Crippen LogP contribution in [0.25, 0.3) is 11.1 Å². The third-order valence-corrected chi connectivity index (χ3v) is 7.44. The van der Waals surface area contributed by atoms with Gasteiger partial charge in [-0.15, -0.1) is 0 Å². The second kappa shape index (κ2) is 11.0. The summed E-state index contributed by atoms with van der Waals surface area (Å²) in [6, 6.07) is 10.2. The largest absolute Gasteiger partial charge is 1.00 e. The molecule has 2 amide bonds. The normalized spacial score (nSPS) is 14.9. The molecule has 39 heavy (non-hydrogen) atoms. The number of hydrogen-bond donors (Lipinski definition) is 0. The van der Waals surface area contributed by atoms with Gasteiger partial charge in [0.15, 0.2) is 0 Å². The fraction of sp³-hybridized carbons (Fsp3) is 0.345. The van der Waals surface area contributed by atoms with E-state index in [4.69, 9.17) is 0 Å². The minimum absolute atomic E-state index is 0. The third-order valence-electron chi connectivity index (χ3n) is 7.44. The SMILES string of the molecule is CC(C)c1cc2c(c(N3CCCc4cc(-c5ccc(C(=O)[O-])nc5)c(C(F)F)cc43)c1)CN(C)C(=O)N2C.[Li+]. The maximum atomic E-state index is 14.4. The molecule has 0 fully saturated rings. The summed E-state index contributed by atoms with van der Waals surface area (Å²) in [7, 11) is 3.52. The first-order valence-electron chi connectivity index (χ1n) is 12.6. The zero-order valence-corrected chi connectivity index (χ0v) is 22.8.